The molecule has 0 bridgehead atoms. The highest BCUT2D eigenvalue weighted by Crippen LogP contribution is 2.42. The third-order valence-electron chi connectivity index (χ3n) is 7.30. The van der Waals surface area contributed by atoms with E-state index in [0.29, 0.717) is 0 Å². The van der Waals surface area contributed by atoms with Gasteiger partial charge >= 0.3 is 0 Å². The number of benzene rings is 4. The summed E-state index contributed by atoms with van der Waals surface area (Å²) in [6, 6.07) is 54.7. The summed E-state index contributed by atoms with van der Waals surface area (Å²) in [6.45, 7) is -4.42. The van der Waals surface area contributed by atoms with Crippen molar-refractivity contribution in [2.24, 2.45) is 0 Å². The maximum Gasteiger partial charge on any atom is 0.0894 e. The first-order valence-electron chi connectivity index (χ1n) is 13.2. The van der Waals surface area contributed by atoms with Gasteiger partial charge in [-0.05, 0) is 59.3 Å². The van der Waals surface area contributed by atoms with Gasteiger partial charge in [-0.3, -0.25) is 0 Å². The number of aromatic nitrogens is 2. The third kappa shape index (κ3) is 4.71. The van der Waals surface area contributed by atoms with E-state index >= 15 is 0 Å². The van der Waals surface area contributed by atoms with Crippen LogP contribution in [0.2, 0.25) is 0 Å². The lowest BCUT2D eigenvalue weighted by molar-refractivity contribution is 1.30. The molecule has 0 aliphatic carbocycles. The van der Waals surface area contributed by atoms with Gasteiger partial charge in [0.2, 0.25) is 0 Å². The molecule has 2 nitrogen and oxygen atoms in total. The molecule has 2 aromatic heterocycles. The van der Waals surface area contributed by atoms with Gasteiger partial charge in [-0.2, -0.15) is 0 Å². The van der Waals surface area contributed by atoms with Gasteiger partial charge in [0.15, 0.2) is 0 Å². The molecule has 4 aromatic carbocycles. The van der Waals surface area contributed by atoms with E-state index in [-0.39, 0.29) is 0 Å². The van der Waals surface area contributed by atoms with Gasteiger partial charge in [0.05, 0.1) is 22.3 Å². The topological polar surface area (TPSA) is 25.8 Å². The van der Waals surface area contributed by atoms with Crippen LogP contribution in [0.25, 0.3) is 11.4 Å². The average Bonchev–Trinajstić information content (AvgIpc) is 3.06. The molecule has 0 saturated carbocycles. The van der Waals surface area contributed by atoms with E-state index in [2.05, 4.69) is 121 Å². The molecular formula is C36H30N2P2. The second kappa shape index (κ2) is 11.1. The van der Waals surface area contributed by atoms with Crippen molar-refractivity contribution in [2.45, 2.75) is 0 Å². The van der Waals surface area contributed by atoms with Gasteiger partial charge in [0.1, 0.15) is 0 Å². The number of hydrogen-bond donors (Lipinski definition) is 0. The Balaban J connectivity index is 1.50. The second-order valence-corrected chi connectivity index (χ2v) is 15.9. The Kier molecular flexibility index (Phi) is 7.23. The minimum atomic E-state index is -2.21. The molecule has 0 atom stereocenters. The molecule has 0 fully saturated rings. The largest absolute Gasteiger partial charge is 0.246 e. The minimum Gasteiger partial charge on any atom is -0.246 e. The highest BCUT2D eigenvalue weighted by atomic mass is 31.2. The zero-order valence-electron chi connectivity index (χ0n) is 22.2. The van der Waals surface area contributed by atoms with Crippen LogP contribution in [-0.4, -0.2) is 22.6 Å². The van der Waals surface area contributed by atoms with Gasteiger partial charge in [-0.25, -0.2) is 9.97 Å². The molecule has 6 rings (SSSR count). The standard InChI is InChI=1S/C36H30N2P2/c1-39(29-17-7-3-8-18-29,30-19-9-4-10-20-30)35-27-15-25-33(37-35)34-26-16-28-36(38-34)40(2,31-21-11-5-12-22-31)32-23-13-6-14-24-32/h3-28H,1-2H2. The normalized spacial score (nSPS) is 11.7. The molecule has 4 heteroatoms. The van der Waals surface area contributed by atoms with Crippen LogP contribution in [0.3, 0.4) is 0 Å². The molecule has 0 aliphatic rings. The fourth-order valence-electron chi connectivity index (χ4n) is 5.11. The van der Waals surface area contributed by atoms with Crippen LogP contribution >= 0.6 is 13.8 Å². The maximum absolute atomic E-state index is 5.25. The Hall–Kier alpha value is -4.22. The SMILES string of the molecule is C=P(c1ccccc1)(c1ccccc1)c1cccc(-c2cccc(P(=C)(c3ccccc3)c3ccccc3)n2)n1. The van der Waals surface area contributed by atoms with Crippen LogP contribution in [-0.2, 0) is 0 Å². The fraction of sp³-hybridized carbons (Fsp3) is 0. The van der Waals surface area contributed by atoms with E-state index in [1.165, 1.54) is 21.2 Å². The molecule has 0 aliphatic heterocycles. The second-order valence-electron chi connectivity index (χ2n) is 9.72. The van der Waals surface area contributed by atoms with Crippen molar-refractivity contribution >= 4 is 58.5 Å². The van der Waals surface area contributed by atoms with Crippen LogP contribution in [0.15, 0.2) is 158 Å². The van der Waals surface area contributed by atoms with E-state index in [4.69, 9.17) is 22.6 Å². The summed E-state index contributed by atoms with van der Waals surface area (Å²) in [5.74, 6) is 0. The molecule has 0 amide bonds. The number of hydrogen-bond acceptors (Lipinski definition) is 2. The van der Waals surface area contributed by atoms with Crippen molar-refractivity contribution in [3.8, 4) is 11.4 Å². The first-order chi connectivity index (χ1) is 19.6. The highest BCUT2D eigenvalue weighted by Gasteiger charge is 2.26. The molecule has 0 radical (unpaired) electrons. The zero-order chi connectivity index (χ0) is 27.4. The van der Waals surface area contributed by atoms with Gasteiger partial charge in [0, 0.05) is 0 Å². The van der Waals surface area contributed by atoms with Crippen LogP contribution in [0.5, 0.6) is 0 Å². The van der Waals surface area contributed by atoms with Crippen LogP contribution in [0.1, 0.15) is 0 Å². The first-order valence-corrected chi connectivity index (χ1v) is 17.2. The van der Waals surface area contributed by atoms with E-state index in [1.54, 1.807) is 0 Å². The summed E-state index contributed by atoms with van der Waals surface area (Å²) in [5, 5.41) is 4.79. The first kappa shape index (κ1) is 26.0. The summed E-state index contributed by atoms with van der Waals surface area (Å²) in [7, 11) is 0. The molecule has 0 saturated heterocycles. The molecule has 6 aromatic rings. The third-order valence-corrected chi connectivity index (χ3v) is 14.1. The Morgan fingerprint density at radius 1 is 0.325 bits per heavy atom. The summed E-state index contributed by atoms with van der Waals surface area (Å²) < 4.78 is 0. The van der Waals surface area contributed by atoms with Crippen molar-refractivity contribution in [2.75, 3.05) is 0 Å². The van der Waals surface area contributed by atoms with Crippen molar-refractivity contribution in [3.05, 3.63) is 158 Å². The predicted octanol–water partition coefficient (Wildman–Crippen LogP) is 5.60. The Morgan fingerprint density at radius 2 is 0.600 bits per heavy atom. The van der Waals surface area contributed by atoms with Crippen molar-refractivity contribution in [1.29, 1.82) is 0 Å². The summed E-state index contributed by atoms with van der Waals surface area (Å²) in [4.78, 5) is 10.5. The number of rotatable bonds is 7. The van der Waals surface area contributed by atoms with E-state index in [9.17, 15) is 0 Å². The van der Waals surface area contributed by atoms with Gasteiger partial charge in [-0.15, -0.1) is 0 Å². The van der Waals surface area contributed by atoms with E-state index < -0.39 is 13.8 Å². The van der Waals surface area contributed by atoms with Gasteiger partial charge in [0.25, 0.3) is 0 Å². The predicted molar refractivity (Wildman–Crippen MR) is 179 cm³/mol. The van der Waals surface area contributed by atoms with E-state index in [0.717, 1.165) is 22.3 Å². The number of pyridine rings is 2. The lowest BCUT2D eigenvalue weighted by atomic mass is 10.2. The number of nitrogens with zero attached hydrogens (tertiary/aromatic N) is 2. The maximum atomic E-state index is 5.25. The molecule has 0 spiro atoms. The molecule has 194 valence electrons. The molecule has 2 heterocycles. The average molecular weight is 553 g/mol. The Labute approximate surface area is 237 Å². The van der Waals surface area contributed by atoms with Crippen molar-refractivity contribution in [1.82, 2.24) is 9.97 Å². The molecular weight excluding hydrogens is 522 g/mol. The smallest absolute Gasteiger partial charge is 0.0894 e. The lowest BCUT2D eigenvalue weighted by Gasteiger charge is -2.26. The summed E-state index contributed by atoms with van der Waals surface area (Å²) in [6.07, 6.45) is 9.75. The lowest BCUT2D eigenvalue weighted by Crippen LogP contribution is -2.28. The molecule has 0 unspecified atom stereocenters. The minimum absolute atomic E-state index is 0.840. The molecule has 0 N–H and O–H groups in total. The fourth-order valence-corrected chi connectivity index (χ4v) is 10.7. The van der Waals surface area contributed by atoms with Gasteiger partial charge in [-0.1, -0.05) is 146 Å². The summed E-state index contributed by atoms with van der Waals surface area (Å²) in [5.41, 5.74) is 3.65. The van der Waals surface area contributed by atoms with Crippen molar-refractivity contribution in [3.63, 3.8) is 0 Å². The quantitative estimate of drug-likeness (QED) is 0.241. The molecule has 40 heavy (non-hydrogen) atoms. The van der Waals surface area contributed by atoms with Crippen LogP contribution < -0.4 is 32.1 Å². The Bertz CT molecular complexity index is 1610. The monoisotopic (exact) mass is 552 g/mol. The van der Waals surface area contributed by atoms with E-state index in [1.807, 2.05) is 36.4 Å². The Morgan fingerprint density at radius 3 is 0.875 bits per heavy atom. The highest BCUT2D eigenvalue weighted by molar-refractivity contribution is 7.93. The van der Waals surface area contributed by atoms with Crippen LogP contribution in [0, 0.1) is 0 Å². The van der Waals surface area contributed by atoms with Gasteiger partial charge < -0.3 is 0 Å². The summed E-state index contributed by atoms with van der Waals surface area (Å²) >= 11 is 0. The van der Waals surface area contributed by atoms with Crippen LogP contribution in [0.4, 0.5) is 0 Å². The van der Waals surface area contributed by atoms with Crippen molar-refractivity contribution < 1.29 is 0 Å². The zero-order valence-corrected chi connectivity index (χ0v) is 24.0.